The standard InChI is InChI=1S/C4H2F2IN3/c5-1-2(7)9-4(6)10-3(1)8/h(H2,8,9,10). The van der Waals surface area contributed by atoms with Crippen molar-refractivity contribution in [2.75, 3.05) is 5.73 Å². The first kappa shape index (κ1) is 7.58. The molecule has 1 aromatic heterocycles. The van der Waals surface area contributed by atoms with Gasteiger partial charge in [-0.25, -0.2) is 0 Å². The number of nitrogens with zero attached hydrogens (tertiary/aromatic N) is 2. The maximum Gasteiger partial charge on any atom is 0.311 e. The number of nitrogen functional groups attached to an aromatic ring is 1. The summed E-state index contributed by atoms with van der Waals surface area (Å²) in [5, 5.41) is 0. The number of hydrogen-bond acceptors (Lipinski definition) is 3. The van der Waals surface area contributed by atoms with Gasteiger partial charge < -0.3 is 5.73 Å². The SMILES string of the molecule is Nc1nc(F)nc(I)c1F. The molecule has 2 N–H and O–H groups in total. The summed E-state index contributed by atoms with van der Waals surface area (Å²) in [4.78, 5) is 6.04. The number of nitrogens with two attached hydrogens (primary N) is 1. The lowest BCUT2D eigenvalue weighted by Gasteiger charge is -1.95. The van der Waals surface area contributed by atoms with Crippen molar-refractivity contribution in [3.05, 3.63) is 15.6 Å². The van der Waals surface area contributed by atoms with Gasteiger partial charge in [0.05, 0.1) is 0 Å². The van der Waals surface area contributed by atoms with Crippen molar-refractivity contribution in [1.29, 1.82) is 0 Å². The van der Waals surface area contributed by atoms with Crippen LogP contribution in [0.3, 0.4) is 0 Å². The molecule has 0 amide bonds. The van der Waals surface area contributed by atoms with E-state index in [1.807, 2.05) is 0 Å². The molecule has 1 aromatic rings. The molecule has 0 aromatic carbocycles. The Balaban J connectivity index is 3.31. The lowest BCUT2D eigenvalue weighted by molar-refractivity contribution is 0.513. The fourth-order valence-electron chi connectivity index (χ4n) is 0.409. The molecule has 0 radical (unpaired) electrons. The van der Waals surface area contributed by atoms with Gasteiger partial charge in [0.1, 0.15) is 3.70 Å². The van der Waals surface area contributed by atoms with Gasteiger partial charge in [-0.3, -0.25) is 0 Å². The van der Waals surface area contributed by atoms with Crippen LogP contribution in [0, 0.1) is 15.6 Å². The van der Waals surface area contributed by atoms with Crippen LogP contribution in [0.1, 0.15) is 0 Å². The second-order valence-electron chi connectivity index (χ2n) is 1.48. The normalized spacial score (nSPS) is 9.90. The lowest BCUT2D eigenvalue weighted by Crippen LogP contribution is -2.03. The summed E-state index contributed by atoms with van der Waals surface area (Å²) in [5.74, 6) is -1.24. The van der Waals surface area contributed by atoms with Crippen molar-refractivity contribution >= 4 is 28.4 Å². The van der Waals surface area contributed by atoms with Crippen molar-refractivity contribution in [2.24, 2.45) is 0 Å². The van der Waals surface area contributed by atoms with Crippen LogP contribution in [0.2, 0.25) is 0 Å². The molecule has 0 fully saturated rings. The second kappa shape index (κ2) is 2.60. The van der Waals surface area contributed by atoms with E-state index in [0.717, 1.165) is 0 Å². The van der Waals surface area contributed by atoms with E-state index in [0.29, 0.717) is 0 Å². The van der Waals surface area contributed by atoms with Crippen LogP contribution >= 0.6 is 22.6 Å². The van der Waals surface area contributed by atoms with Crippen molar-refractivity contribution < 1.29 is 8.78 Å². The Morgan fingerprint density at radius 3 is 2.40 bits per heavy atom. The van der Waals surface area contributed by atoms with E-state index in [4.69, 9.17) is 5.73 Å². The first-order valence-corrected chi connectivity index (χ1v) is 3.33. The van der Waals surface area contributed by atoms with Crippen LogP contribution in [0.5, 0.6) is 0 Å². The Morgan fingerprint density at radius 1 is 1.30 bits per heavy atom. The Labute approximate surface area is 68.8 Å². The molecular weight excluding hydrogens is 255 g/mol. The van der Waals surface area contributed by atoms with Crippen LogP contribution < -0.4 is 5.73 Å². The van der Waals surface area contributed by atoms with Gasteiger partial charge in [0.25, 0.3) is 0 Å². The van der Waals surface area contributed by atoms with Gasteiger partial charge in [-0.1, -0.05) is 0 Å². The van der Waals surface area contributed by atoms with E-state index in [1.165, 1.54) is 22.6 Å². The molecule has 6 heteroatoms. The lowest BCUT2D eigenvalue weighted by atomic mass is 10.6. The zero-order chi connectivity index (χ0) is 7.72. The van der Waals surface area contributed by atoms with E-state index >= 15 is 0 Å². The van der Waals surface area contributed by atoms with Crippen LogP contribution in [0.15, 0.2) is 0 Å². The molecule has 1 heterocycles. The fraction of sp³-hybridized carbons (Fsp3) is 0. The quantitative estimate of drug-likeness (QED) is 0.427. The first-order valence-electron chi connectivity index (χ1n) is 2.25. The second-order valence-corrected chi connectivity index (χ2v) is 2.50. The van der Waals surface area contributed by atoms with Gasteiger partial charge in [0.2, 0.25) is 0 Å². The molecule has 0 atom stereocenters. The predicted octanol–water partition coefficient (Wildman–Crippen LogP) is 0.942. The van der Waals surface area contributed by atoms with Crippen molar-refractivity contribution in [3.8, 4) is 0 Å². The van der Waals surface area contributed by atoms with Gasteiger partial charge in [-0.2, -0.15) is 18.7 Å². The van der Waals surface area contributed by atoms with Gasteiger partial charge in [-0.15, -0.1) is 0 Å². The van der Waals surface area contributed by atoms with Crippen LogP contribution in [0.4, 0.5) is 14.6 Å². The Kier molecular flexibility index (Phi) is 1.97. The highest BCUT2D eigenvalue weighted by atomic mass is 127. The Morgan fingerprint density at radius 2 is 1.90 bits per heavy atom. The molecule has 0 unspecified atom stereocenters. The predicted molar refractivity (Wildman–Crippen MR) is 39.1 cm³/mol. The van der Waals surface area contributed by atoms with Gasteiger partial charge in [-0.05, 0) is 22.6 Å². The molecule has 0 aliphatic carbocycles. The van der Waals surface area contributed by atoms with E-state index in [9.17, 15) is 8.78 Å². The molecule has 0 aliphatic rings. The van der Waals surface area contributed by atoms with E-state index < -0.39 is 17.7 Å². The van der Waals surface area contributed by atoms with Gasteiger partial charge >= 0.3 is 6.08 Å². The third-order valence-electron chi connectivity index (χ3n) is 0.809. The number of hydrogen-bond donors (Lipinski definition) is 1. The summed E-state index contributed by atoms with van der Waals surface area (Å²) in [6.07, 6.45) is -1.01. The Hall–Kier alpha value is -0.530. The van der Waals surface area contributed by atoms with Crippen LogP contribution in [-0.2, 0) is 0 Å². The third kappa shape index (κ3) is 1.31. The van der Waals surface area contributed by atoms with E-state index in [2.05, 4.69) is 9.97 Å². The maximum absolute atomic E-state index is 12.5. The van der Waals surface area contributed by atoms with Crippen molar-refractivity contribution in [2.45, 2.75) is 0 Å². The van der Waals surface area contributed by atoms with E-state index in [1.54, 1.807) is 0 Å². The zero-order valence-electron chi connectivity index (χ0n) is 4.61. The minimum absolute atomic E-state index is 0.109. The monoisotopic (exact) mass is 257 g/mol. The van der Waals surface area contributed by atoms with Crippen molar-refractivity contribution in [3.63, 3.8) is 0 Å². The molecule has 10 heavy (non-hydrogen) atoms. The third-order valence-corrected chi connectivity index (χ3v) is 1.52. The Bertz CT molecular complexity index is 242. The fourth-order valence-corrected chi connectivity index (χ4v) is 0.885. The highest BCUT2D eigenvalue weighted by Gasteiger charge is 2.07. The minimum atomic E-state index is -1.01. The molecule has 3 nitrogen and oxygen atoms in total. The number of aromatic nitrogens is 2. The topological polar surface area (TPSA) is 51.8 Å². The molecule has 1 rings (SSSR count). The molecule has 0 saturated heterocycles. The summed E-state index contributed by atoms with van der Waals surface area (Å²) >= 11 is 1.53. The van der Waals surface area contributed by atoms with Crippen molar-refractivity contribution in [1.82, 2.24) is 9.97 Å². The number of anilines is 1. The minimum Gasteiger partial charge on any atom is -0.381 e. The number of halogens is 3. The highest BCUT2D eigenvalue weighted by Crippen LogP contribution is 2.11. The maximum atomic E-state index is 12.5. The zero-order valence-corrected chi connectivity index (χ0v) is 6.76. The molecule has 0 aliphatic heterocycles. The summed E-state index contributed by atoms with van der Waals surface area (Å²) in [5.41, 5.74) is 4.95. The summed E-state index contributed by atoms with van der Waals surface area (Å²) in [7, 11) is 0. The highest BCUT2D eigenvalue weighted by molar-refractivity contribution is 14.1. The summed E-state index contributed by atoms with van der Waals surface area (Å²) in [6.45, 7) is 0. The average Bonchev–Trinajstić information content (AvgIpc) is 1.82. The smallest absolute Gasteiger partial charge is 0.311 e. The van der Waals surface area contributed by atoms with Crippen LogP contribution in [0.25, 0.3) is 0 Å². The van der Waals surface area contributed by atoms with Gasteiger partial charge in [0, 0.05) is 0 Å². The molecular formula is C4H2F2IN3. The largest absolute Gasteiger partial charge is 0.381 e. The molecule has 0 spiro atoms. The molecule has 0 saturated carbocycles. The molecule has 54 valence electrons. The summed E-state index contributed by atoms with van der Waals surface area (Å²) < 4.78 is 24.5. The number of rotatable bonds is 0. The molecule has 0 bridgehead atoms. The van der Waals surface area contributed by atoms with Crippen LogP contribution in [-0.4, -0.2) is 9.97 Å². The first-order chi connectivity index (χ1) is 4.61. The average molecular weight is 257 g/mol. The van der Waals surface area contributed by atoms with E-state index in [-0.39, 0.29) is 3.70 Å². The van der Waals surface area contributed by atoms with Gasteiger partial charge in [0.15, 0.2) is 11.6 Å². The summed E-state index contributed by atoms with van der Waals surface area (Å²) in [6, 6.07) is 0.